The van der Waals surface area contributed by atoms with Crippen LogP contribution in [0.2, 0.25) is 0 Å². The van der Waals surface area contributed by atoms with Gasteiger partial charge in [-0.25, -0.2) is 0 Å². The Hall–Kier alpha value is -0.610. The van der Waals surface area contributed by atoms with E-state index in [1.54, 1.807) is 0 Å². The first kappa shape index (κ1) is 15.4. The normalized spacial score (nSPS) is 28.8. The van der Waals surface area contributed by atoms with Crippen LogP contribution in [0.1, 0.15) is 34.1 Å². The van der Waals surface area contributed by atoms with E-state index in [2.05, 4.69) is 4.90 Å². The molecular formula is C14H29N3O. The zero-order chi connectivity index (χ0) is 12.4. The lowest BCUT2D eigenvalue weighted by molar-refractivity contribution is -0.136. The van der Waals surface area contributed by atoms with E-state index < -0.39 is 0 Å². The fourth-order valence-corrected chi connectivity index (χ4v) is 2.82. The summed E-state index contributed by atoms with van der Waals surface area (Å²) in [5.41, 5.74) is 5.80. The zero-order valence-corrected chi connectivity index (χ0v) is 11.1. The molecule has 1 aliphatic carbocycles. The number of hydrogen-bond acceptors (Lipinski definition) is 3. The lowest BCUT2D eigenvalue weighted by Crippen LogP contribution is -2.52. The second-order valence-electron chi connectivity index (χ2n) is 5.88. The molecule has 2 N–H and O–H groups in total. The average molecular weight is 255 g/mol. The van der Waals surface area contributed by atoms with Gasteiger partial charge in [-0.1, -0.05) is 21.3 Å². The van der Waals surface area contributed by atoms with Crippen LogP contribution in [0.5, 0.6) is 0 Å². The molecule has 106 valence electrons. The number of nitrogens with two attached hydrogens (primary N) is 1. The molecule has 0 radical (unpaired) electrons. The van der Waals surface area contributed by atoms with E-state index in [9.17, 15) is 4.79 Å². The number of nitrogens with zero attached hydrogens (tertiary/aromatic N) is 2. The molecular weight excluding hydrogens is 226 g/mol. The van der Waals surface area contributed by atoms with Crippen molar-refractivity contribution in [3.63, 3.8) is 0 Å². The van der Waals surface area contributed by atoms with E-state index >= 15 is 0 Å². The standard InChI is InChI=1S/C13H25N3O.CH4/c1-10(2)13(17)16-5-3-15(4-6-16)9-11-7-12(14)8-11;/h10-12H,3-9,14H2,1-2H3;1H4. The Labute approximate surface area is 111 Å². The van der Waals surface area contributed by atoms with Crippen molar-refractivity contribution in [1.82, 2.24) is 9.80 Å². The van der Waals surface area contributed by atoms with Crippen LogP contribution in [0.4, 0.5) is 0 Å². The first-order valence-electron chi connectivity index (χ1n) is 6.83. The molecule has 1 saturated carbocycles. The second kappa shape index (κ2) is 6.53. The minimum absolute atomic E-state index is 0. The molecule has 1 amide bonds. The number of amides is 1. The second-order valence-corrected chi connectivity index (χ2v) is 5.88. The SMILES string of the molecule is C.CC(C)C(=O)N1CCN(CC2CC(N)C2)CC1. The summed E-state index contributed by atoms with van der Waals surface area (Å²) in [6, 6.07) is 0.448. The minimum Gasteiger partial charge on any atom is -0.340 e. The fraction of sp³-hybridized carbons (Fsp3) is 0.929. The Kier molecular flexibility index (Phi) is 5.60. The van der Waals surface area contributed by atoms with Crippen LogP contribution in [0.3, 0.4) is 0 Å². The molecule has 4 heteroatoms. The molecule has 0 atom stereocenters. The lowest BCUT2D eigenvalue weighted by Gasteiger charge is -2.40. The Morgan fingerprint density at radius 2 is 1.78 bits per heavy atom. The summed E-state index contributed by atoms with van der Waals surface area (Å²) in [5, 5.41) is 0. The molecule has 0 bridgehead atoms. The van der Waals surface area contributed by atoms with Crippen LogP contribution in [-0.2, 0) is 4.79 Å². The highest BCUT2D eigenvalue weighted by Gasteiger charge is 2.29. The number of piperazine rings is 1. The maximum Gasteiger partial charge on any atom is 0.225 e. The molecule has 2 rings (SSSR count). The molecule has 0 spiro atoms. The molecule has 2 aliphatic rings. The molecule has 1 saturated heterocycles. The van der Waals surface area contributed by atoms with Crippen molar-refractivity contribution in [3.8, 4) is 0 Å². The quantitative estimate of drug-likeness (QED) is 0.823. The van der Waals surface area contributed by atoms with E-state index in [-0.39, 0.29) is 13.3 Å². The maximum atomic E-state index is 11.8. The van der Waals surface area contributed by atoms with Crippen molar-refractivity contribution in [3.05, 3.63) is 0 Å². The third-order valence-electron chi connectivity index (χ3n) is 3.97. The Morgan fingerprint density at radius 1 is 1.22 bits per heavy atom. The first-order chi connectivity index (χ1) is 8.06. The van der Waals surface area contributed by atoms with E-state index in [1.165, 1.54) is 19.4 Å². The van der Waals surface area contributed by atoms with Gasteiger partial charge in [0.25, 0.3) is 0 Å². The summed E-state index contributed by atoms with van der Waals surface area (Å²) in [6.07, 6.45) is 2.37. The highest BCUT2D eigenvalue weighted by Crippen LogP contribution is 2.26. The van der Waals surface area contributed by atoms with Crippen LogP contribution in [-0.4, -0.2) is 54.5 Å². The molecule has 2 fully saturated rings. The van der Waals surface area contributed by atoms with E-state index in [1.807, 2.05) is 18.7 Å². The van der Waals surface area contributed by atoms with E-state index in [4.69, 9.17) is 5.73 Å². The van der Waals surface area contributed by atoms with Gasteiger partial charge in [-0.15, -0.1) is 0 Å². The van der Waals surface area contributed by atoms with Crippen LogP contribution in [0.25, 0.3) is 0 Å². The van der Waals surface area contributed by atoms with Gasteiger partial charge in [-0.05, 0) is 18.8 Å². The van der Waals surface area contributed by atoms with Crippen molar-refractivity contribution < 1.29 is 4.79 Å². The monoisotopic (exact) mass is 255 g/mol. The van der Waals surface area contributed by atoms with Crippen molar-refractivity contribution in [2.75, 3.05) is 32.7 Å². The zero-order valence-electron chi connectivity index (χ0n) is 11.1. The summed E-state index contributed by atoms with van der Waals surface area (Å²) >= 11 is 0. The molecule has 0 aromatic carbocycles. The molecule has 18 heavy (non-hydrogen) atoms. The predicted molar refractivity (Wildman–Crippen MR) is 75.3 cm³/mol. The predicted octanol–water partition coefficient (Wildman–Crippen LogP) is 1.16. The molecule has 1 aliphatic heterocycles. The summed E-state index contributed by atoms with van der Waals surface area (Å²) in [7, 11) is 0. The van der Waals surface area contributed by atoms with Gasteiger partial charge in [0.15, 0.2) is 0 Å². The van der Waals surface area contributed by atoms with Crippen LogP contribution >= 0.6 is 0 Å². The van der Waals surface area contributed by atoms with Gasteiger partial charge < -0.3 is 10.6 Å². The van der Waals surface area contributed by atoms with Crippen molar-refractivity contribution >= 4 is 5.91 Å². The maximum absolute atomic E-state index is 11.8. The van der Waals surface area contributed by atoms with Gasteiger partial charge in [-0.2, -0.15) is 0 Å². The number of hydrogen-bond donors (Lipinski definition) is 1. The van der Waals surface area contributed by atoms with Gasteiger partial charge in [0.2, 0.25) is 5.91 Å². The molecule has 0 unspecified atom stereocenters. The average Bonchev–Trinajstić information content (AvgIpc) is 2.27. The van der Waals surface area contributed by atoms with E-state index in [0.29, 0.717) is 11.9 Å². The number of carbonyl (C=O) groups excluding carboxylic acids is 1. The highest BCUT2D eigenvalue weighted by molar-refractivity contribution is 5.78. The smallest absolute Gasteiger partial charge is 0.225 e. The van der Waals surface area contributed by atoms with E-state index in [0.717, 1.165) is 32.1 Å². The van der Waals surface area contributed by atoms with Gasteiger partial charge in [0.1, 0.15) is 0 Å². The lowest BCUT2D eigenvalue weighted by atomic mass is 9.80. The number of rotatable bonds is 3. The fourth-order valence-electron chi connectivity index (χ4n) is 2.82. The van der Waals surface area contributed by atoms with Gasteiger partial charge in [0.05, 0.1) is 0 Å². The molecule has 4 nitrogen and oxygen atoms in total. The van der Waals surface area contributed by atoms with Crippen molar-refractivity contribution in [2.45, 2.75) is 40.2 Å². The summed E-state index contributed by atoms with van der Waals surface area (Å²) in [5.74, 6) is 1.24. The van der Waals surface area contributed by atoms with Crippen LogP contribution < -0.4 is 5.73 Å². The summed E-state index contributed by atoms with van der Waals surface area (Å²) in [4.78, 5) is 16.3. The number of carbonyl (C=O) groups is 1. The molecule has 0 aromatic heterocycles. The molecule has 0 aromatic rings. The van der Waals surface area contributed by atoms with Crippen LogP contribution in [0.15, 0.2) is 0 Å². The summed E-state index contributed by atoms with van der Waals surface area (Å²) < 4.78 is 0. The Bertz CT molecular complexity index is 266. The first-order valence-corrected chi connectivity index (χ1v) is 6.83. The largest absolute Gasteiger partial charge is 0.340 e. The third-order valence-corrected chi connectivity index (χ3v) is 3.97. The Balaban J connectivity index is 0.00000162. The Morgan fingerprint density at radius 3 is 2.22 bits per heavy atom. The molecule has 1 heterocycles. The van der Waals surface area contributed by atoms with Gasteiger partial charge in [-0.3, -0.25) is 9.69 Å². The summed E-state index contributed by atoms with van der Waals surface area (Å²) in [6.45, 7) is 8.99. The van der Waals surface area contributed by atoms with Gasteiger partial charge >= 0.3 is 0 Å². The minimum atomic E-state index is 0. The van der Waals surface area contributed by atoms with Crippen molar-refractivity contribution in [2.24, 2.45) is 17.6 Å². The highest BCUT2D eigenvalue weighted by atomic mass is 16.2. The van der Waals surface area contributed by atoms with Crippen molar-refractivity contribution in [1.29, 1.82) is 0 Å². The topological polar surface area (TPSA) is 49.6 Å². The third kappa shape index (κ3) is 3.69. The van der Waals surface area contributed by atoms with Gasteiger partial charge in [0, 0.05) is 44.7 Å². The van der Waals surface area contributed by atoms with Crippen LogP contribution in [0, 0.1) is 11.8 Å².